The van der Waals surface area contributed by atoms with Crippen molar-refractivity contribution >= 4 is 5.91 Å². The van der Waals surface area contributed by atoms with Crippen molar-refractivity contribution in [2.45, 2.75) is 39.2 Å². The zero-order valence-corrected chi connectivity index (χ0v) is 11.4. The van der Waals surface area contributed by atoms with Crippen LogP contribution in [0, 0.1) is 11.8 Å². The molecule has 1 aromatic rings. The highest BCUT2D eigenvalue weighted by molar-refractivity contribution is 5.97. The quantitative estimate of drug-likeness (QED) is 0.734. The van der Waals surface area contributed by atoms with Gasteiger partial charge in [-0.05, 0) is 42.9 Å². The topological polar surface area (TPSA) is 69.6 Å². The molecule has 1 fully saturated rings. The zero-order chi connectivity index (χ0) is 14.0. The Bertz CT molecular complexity index is 472. The number of carbonyl (C=O) groups is 1. The van der Waals surface area contributed by atoms with Gasteiger partial charge in [-0.2, -0.15) is 0 Å². The summed E-state index contributed by atoms with van der Waals surface area (Å²) in [7, 11) is 0. The molecule has 0 bridgehead atoms. The highest BCUT2D eigenvalue weighted by Crippen LogP contribution is 2.34. The number of amides is 1. The van der Waals surface area contributed by atoms with Crippen molar-refractivity contribution in [3.63, 3.8) is 0 Å². The van der Waals surface area contributed by atoms with Crippen LogP contribution in [0.15, 0.2) is 18.2 Å². The minimum absolute atomic E-state index is 0.0196. The molecule has 1 saturated carbocycles. The number of rotatable bonds is 3. The van der Waals surface area contributed by atoms with Gasteiger partial charge in [0, 0.05) is 6.04 Å². The lowest BCUT2D eigenvalue weighted by Crippen LogP contribution is -2.37. The van der Waals surface area contributed by atoms with Crippen LogP contribution in [0.4, 0.5) is 0 Å². The first kappa shape index (κ1) is 13.7. The van der Waals surface area contributed by atoms with Crippen LogP contribution in [0.2, 0.25) is 0 Å². The third kappa shape index (κ3) is 2.83. The Morgan fingerprint density at radius 3 is 2.74 bits per heavy atom. The SMILES string of the molecule is CCC1CCC(NC(=O)c2cc(O)ccc2O)C1C. The monoisotopic (exact) mass is 263 g/mol. The number of hydrogen-bond donors (Lipinski definition) is 3. The van der Waals surface area contributed by atoms with Crippen molar-refractivity contribution in [1.82, 2.24) is 5.32 Å². The van der Waals surface area contributed by atoms with Gasteiger partial charge in [0.15, 0.2) is 0 Å². The molecule has 1 aromatic carbocycles. The van der Waals surface area contributed by atoms with Gasteiger partial charge in [-0.3, -0.25) is 4.79 Å². The fourth-order valence-corrected chi connectivity index (χ4v) is 2.98. The Morgan fingerprint density at radius 1 is 1.37 bits per heavy atom. The number of nitrogens with one attached hydrogen (secondary N) is 1. The Kier molecular flexibility index (Phi) is 3.98. The van der Waals surface area contributed by atoms with Gasteiger partial charge in [0.1, 0.15) is 11.5 Å². The summed E-state index contributed by atoms with van der Waals surface area (Å²) in [4.78, 5) is 12.1. The second-order valence-corrected chi connectivity index (χ2v) is 5.39. The maximum Gasteiger partial charge on any atom is 0.255 e. The molecule has 19 heavy (non-hydrogen) atoms. The standard InChI is InChI=1S/C15H21NO3/c1-3-10-4-6-13(9(10)2)16-15(19)12-8-11(17)5-7-14(12)18/h5,7-10,13,17-18H,3-4,6H2,1-2H3,(H,16,19). The molecule has 4 heteroatoms. The van der Waals surface area contributed by atoms with Crippen LogP contribution in [-0.2, 0) is 0 Å². The molecule has 0 spiro atoms. The lowest BCUT2D eigenvalue weighted by Gasteiger charge is -2.21. The van der Waals surface area contributed by atoms with E-state index in [0.29, 0.717) is 11.8 Å². The summed E-state index contributed by atoms with van der Waals surface area (Å²) in [5.74, 6) is 0.667. The third-order valence-corrected chi connectivity index (χ3v) is 4.29. The van der Waals surface area contributed by atoms with E-state index in [4.69, 9.17) is 0 Å². The van der Waals surface area contributed by atoms with E-state index in [1.54, 1.807) is 0 Å². The molecule has 104 valence electrons. The molecule has 3 N–H and O–H groups in total. The number of aromatic hydroxyl groups is 2. The predicted molar refractivity (Wildman–Crippen MR) is 73.2 cm³/mol. The summed E-state index contributed by atoms with van der Waals surface area (Å²) in [5, 5.41) is 22.0. The Labute approximate surface area is 113 Å². The van der Waals surface area contributed by atoms with Gasteiger partial charge in [0.05, 0.1) is 5.56 Å². The van der Waals surface area contributed by atoms with E-state index in [0.717, 1.165) is 19.3 Å². The minimum Gasteiger partial charge on any atom is -0.508 e. The summed E-state index contributed by atoms with van der Waals surface area (Å²) in [6.45, 7) is 4.33. The van der Waals surface area contributed by atoms with E-state index in [1.807, 2.05) is 0 Å². The van der Waals surface area contributed by atoms with Crippen molar-refractivity contribution in [3.8, 4) is 11.5 Å². The zero-order valence-electron chi connectivity index (χ0n) is 11.4. The van der Waals surface area contributed by atoms with Crippen LogP contribution in [-0.4, -0.2) is 22.2 Å². The average molecular weight is 263 g/mol. The van der Waals surface area contributed by atoms with Crippen LogP contribution in [0.5, 0.6) is 11.5 Å². The second-order valence-electron chi connectivity index (χ2n) is 5.39. The lowest BCUT2D eigenvalue weighted by molar-refractivity contribution is 0.0923. The molecule has 1 aliphatic carbocycles. The molecule has 0 heterocycles. The van der Waals surface area contributed by atoms with E-state index < -0.39 is 0 Å². The molecule has 0 aliphatic heterocycles. The summed E-state index contributed by atoms with van der Waals surface area (Å²) < 4.78 is 0. The van der Waals surface area contributed by atoms with Crippen LogP contribution < -0.4 is 5.32 Å². The van der Waals surface area contributed by atoms with Crippen molar-refractivity contribution in [1.29, 1.82) is 0 Å². The first-order valence-electron chi connectivity index (χ1n) is 6.85. The minimum atomic E-state index is -0.318. The van der Waals surface area contributed by atoms with Gasteiger partial charge in [-0.25, -0.2) is 0 Å². The normalized spacial score (nSPS) is 26.3. The molecular weight excluding hydrogens is 242 g/mol. The van der Waals surface area contributed by atoms with E-state index >= 15 is 0 Å². The van der Waals surface area contributed by atoms with E-state index in [9.17, 15) is 15.0 Å². The maximum absolute atomic E-state index is 12.1. The third-order valence-electron chi connectivity index (χ3n) is 4.29. The fourth-order valence-electron chi connectivity index (χ4n) is 2.98. The Balaban J connectivity index is 2.07. The first-order chi connectivity index (χ1) is 9.02. The maximum atomic E-state index is 12.1. The van der Waals surface area contributed by atoms with Crippen LogP contribution >= 0.6 is 0 Å². The number of carbonyl (C=O) groups excluding carboxylic acids is 1. The highest BCUT2D eigenvalue weighted by atomic mass is 16.3. The number of benzene rings is 1. The van der Waals surface area contributed by atoms with Crippen molar-refractivity contribution in [2.75, 3.05) is 0 Å². The molecule has 3 atom stereocenters. The van der Waals surface area contributed by atoms with Gasteiger partial charge in [0.25, 0.3) is 5.91 Å². The molecule has 0 saturated heterocycles. The van der Waals surface area contributed by atoms with E-state index in [1.165, 1.54) is 18.2 Å². The fraction of sp³-hybridized carbons (Fsp3) is 0.533. The molecule has 1 amide bonds. The van der Waals surface area contributed by atoms with Crippen molar-refractivity contribution in [3.05, 3.63) is 23.8 Å². The first-order valence-corrected chi connectivity index (χ1v) is 6.85. The summed E-state index contributed by atoms with van der Waals surface area (Å²) >= 11 is 0. The molecule has 0 radical (unpaired) electrons. The number of hydrogen-bond acceptors (Lipinski definition) is 3. The summed E-state index contributed by atoms with van der Waals surface area (Å²) in [6, 6.07) is 4.13. The predicted octanol–water partition coefficient (Wildman–Crippen LogP) is 2.65. The van der Waals surface area contributed by atoms with Crippen LogP contribution in [0.3, 0.4) is 0 Å². The van der Waals surface area contributed by atoms with Crippen molar-refractivity contribution < 1.29 is 15.0 Å². The number of phenolic OH excluding ortho intramolecular Hbond substituents is 2. The van der Waals surface area contributed by atoms with Crippen LogP contribution in [0.25, 0.3) is 0 Å². The lowest BCUT2D eigenvalue weighted by atomic mass is 9.93. The molecule has 3 unspecified atom stereocenters. The smallest absolute Gasteiger partial charge is 0.255 e. The number of phenols is 2. The molecule has 2 rings (SSSR count). The summed E-state index contributed by atoms with van der Waals surface area (Å²) in [5.41, 5.74) is 0.132. The molecule has 1 aliphatic rings. The summed E-state index contributed by atoms with van der Waals surface area (Å²) in [6.07, 6.45) is 3.24. The van der Waals surface area contributed by atoms with Gasteiger partial charge in [-0.1, -0.05) is 20.3 Å². The van der Waals surface area contributed by atoms with E-state index in [-0.39, 0.29) is 29.0 Å². The van der Waals surface area contributed by atoms with Gasteiger partial charge in [0.2, 0.25) is 0 Å². The second kappa shape index (κ2) is 5.51. The van der Waals surface area contributed by atoms with Crippen molar-refractivity contribution in [2.24, 2.45) is 11.8 Å². The van der Waals surface area contributed by atoms with Gasteiger partial charge >= 0.3 is 0 Å². The van der Waals surface area contributed by atoms with Gasteiger partial charge in [-0.15, -0.1) is 0 Å². The molecule has 4 nitrogen and oxygen atoms in total. The largest absolute Gasteiger partial charge is 0.508 e. The molecular formula is C15H21NO3. The Morgan fingerprint density at radius 2 is 2.11 bits per heavy atom. The molecule has 0 aromatic heterocycles. The van der Waals surface area contributed by atoms with Crippen LogP contribution in [0.1, 0.15) is 43.5 Å². The Hall–Kier alpha value is -1.71. The van der Waals surface area contributed by atoms with E-state index in [2.05, 4.69) is 19.2 Å². The highest BCUT2D eigenvalue weighted by Gasteiger charge is 2.32. The average Bonchev–Trinajstić information content (AvgIpc) is 2.73. The van der Waals surface area contributed by atoms with Gasteiger partial charge < -0.3 is 15.5 Å².